The van der Waals surface area contributed by atoms with Crippen molar-refractivity contribution in [2.45, 2.75) is 12.5 Å². The Kier molecular flexibility index (Phi) is 2.56. The van der Waals surface area contributed by atoms with Gasteiger partial charge in [0.25, 0.3) is 5.91 Å². The van der Waals surface area contributed by atoms with Crippen LogP contribution in [0.1, 0.15) is 12.0 Å². The van der Waals surface area contributed by atoms with Crippen molar-refractivity contribution in [3.63, 3.8) is 0 Å². The fourth-order valence-corrected chi connectivity index (χ4v) is 4.44. The van der Waals surface area contributed by atoms with Crippen molar-refractivity contribution in [1.29, 1.82) is 0 Å². The molecule has 1 fully saturated rings. The van der Waals surface area contributed by atoms with Crippen LogP contribution in [-0.2, 0) is 9.59 Å². The summed E-state index contributed by atoms with van der Waals surface area (Å²) >= 11 is 1.60. The SMILES string of the molecule is O=C(O)C1=CCC2/C(=C\c3ccc4c(c3)sc3nccn34)C(=O)N12. The molecular weight excluding hydrogens is 326 g/mol. The Morgan fingerprint density at radius 3 is 3.12 bits per heavy atom. The molecule has 1 N–H and O–H groups in total. The molecule has 5 rings (SSSR count). The summed E-state index contributed by atoms with van der Waals surface area (Å²) in [5.41, 5.74) is 2.80. The lowest BCUT2D eigenvalue weighted by atomic mass is 9.92. The molecule has 2 aromatic heterocycles. The number of rotatable bonds is 2. The first-order chi connectivity index (χ1) is 11.6. The van der Waals surface area contributed by atoms with Crippen molar-refractivity contribution in [3.05, 3.63) is 53.5 Å². The Balaban J connectivity index is 1.52. The summed E-state index contributed by atoms with van der Waals surface area (Å²) in [6.45, 7) is 0. The van der Waals surface area contributed by atoms with Crippen molar-refractivity contribution in [2.24, 2.45) is 0 Å². The molecule has 6 nitrogen and oxygen atoms in total. The first-order valence-corrected chi connectivity index (χ1v) is 8.29. The molecule has 1 saturated heterocycles. The van der Waals surface area contributed by atoms with Gasteiger partial charge >= 0.3 is 5.97 Å². The fourth-order valence-electron chi connectivity index (χ4n) is 3.40. The number of thiazole rings is 1. The van der Waals surface area contributed by atoms with Crippen molar-refractivity contribution >= 4 is 44.5 Å². The first kappa shape index (κ1) is 13.5. The number of aliphatic carboxylic acids is 1. The number of nitrogens with zero attached hydrogens (tertiary/aromatic N) is 3. The van der Waals surface area contributed by atoms with Crippen molar-refractivity contribution < 1.29 is 14.7 Å². The topological polar surface area (TPSA) is 74.9 Å². The number of fused-ring (bicyclic) bond motifs is 4. The summed E-state index contributed by atoms with van der Waals surface area (Å²) in [7, 11) is 0. The van der Waals surface area contributed by atoms with E-state index in [9.17, 15) is 9.59 Å². The van der Waals surface area contributed by atoms with E-state index in [2.05, 4.69) is 4.98 Å². The Hall–Kier alpha value is -2.93. The maximum absolute atomic E-state index is 12.3. The van der Waals surface area contributed by atoms with Crippen LogP contribution in [0.25, 0.3) is 21.3 Å². The molecule has 2 aliphatic rings. The number of hydrogen-bond acceptors (Lipinski definition) is 4. The summed E-state index contributed by atoms with van der Waals surface area (Å²) in [4.78, 5) is 30.0. The molecule has 2 aliphatic heterocycles. The summed E-state index contributed by atoms with van der Waals surface area (Å²) < 4.78 is 3.14. The largest absolute Gasteiger partial charge is 0.477 e. The summed E-state index contributed by atoms with van der Waals surface area (Å²) in [6, 6.07) is 5.89. The van der Waals surface area contributed by atoms with E-state index >= 15 is 0 Å². The molecule has 1 atom stereocenters. The summed E-state index contributed by atoms with van der Waals surface area (Å²) in [5.74, 6) is -1.26. The molecule has 4 heterocycles. The van der Waals surface area contributed by atoms with Crippen LogP contribution in [0.2, 0.25) is 0 Å². The third kappa shape index (κ3) is 1.67. The van der Waals surface area contributed by atoms with E-state index in [1.54, 1.807) is 23.6 Å². The van der Waals surface area contributed by atoms with Crippen LogP contribution in [0.3, 0.4) is 0 Å². The molecule has 0 aliphatic carbocycles. The molecular formula is C17H11N3O3S. The van der Waals surface area contributed by atoms with E-state index < -0.39 is 5.97 Å². The van der Waals surface area contributed by atoms with Crippen molar-refractivity contribution in [2.75, 3.05) is 0 Å². The smallest absolute Gasteiger partial charge is 0.352 e. The zero-order valence-electron chi connectivity index (χ0n) is 12.3. The van der Waals surface area contributed by atoms with Gasteiger partial charge in [-0.3, -0.25) is 14.1 Å². The molecule has 1 amide bonds. The number of β-lactam (4-membered cyclic amide) rings is 1. The average Bonchev–Trinajstić information content (AvgIpc) is 3.24. The monoisotopic (exact) mass is 337 g/mol. The molecule has 0 spiro atoms. The Bertz CT molecular complexity index is 1100. The second-order valence-corrected chi connectivity index (χ2v) is 6.84. The van der Waals surface area contributed by atoms with Crippen molar-refractivity contribution in [1.82, 2.24) is 14.3 Å². The van der Waals surface area contributed by atoms with Crippen LogP contribution < -0.4 is 0 Å². The average molecular weight is 337 g/mol. The van der Waals surface area contributed by atoms with Gasteiger partial charge in [-0.15, -0.1) is 0 Å². The van der Waals surface area contributed by atoms with Gasteiger partial charge in [-0.05, 0) is 30.2 Å². The van der Waals surface area contributed by atoms with Gasteiger partial charge in [0.05, 0.1) is 16.3 Å². The molecule has 1 unspecified atom stereocenters. The molecule has 1 aromatic carbocycles. The second kappa shape index (κ2) is 4.55. The molecule has 0 bridgehead atoms. The van der Waals surface area contributed by atoms with E-state index in [1.807, 2.05) is 34.9 Å². The number of carbonyl (C=O) groups is 2. The number of carboxylic acids is 1. The van der Waals surface area contributed by atoms with Gasteiger partial charge in [0.2, 0.25) is 0 Å². The maximum atomic E-state index is 12.3. The van der Waals surface area contributed by atoms with Crippen LogP contribution in [0, 0.1) is 0 Å². The molecule has 118 valence electrons. The highest BCUT2D eigenvalue weighted by molar-refractivity contribution is 7.23. The molecule has 0 radical (unpaired) electrons. The lowest BCUT2D eigenvalue weighted by molar-refractivity contribution is -0.142. The third-order valence-electron chi connectivity index (χ3n) is 4.52. The van der Waals surface area contributed by atoms with Gasteiger partial charge in [-0.2, -0.15) is 0 Å². The minimum Gasteiger partial charge on any atom is -0.477 e. The quantitative estimate of drug-likeness (QED) is 0.576. The third-order valence-corrected chi connectivity index (χ3v) is 5.55. The number of aromatic nitrogens is 2. The van der Waals surface area contributed by atoms with Gasteiger partial charge in [0, 0.05) is 18.0 Å². The lowest BCUT2D eigenvalue weighted by Gasteiger charge is -2.38. The Morgan fingerprint density at radius 2 is 2.29 bits per heavy atom. The summed E-state index contributed by atoms with van der Waals surface area (Å²) in [5, 5.41) is 9.11. The molecule has 7 heteroatoms. The minimum absolute atomic E-state index is 0.0945. The second-order valence-electron chi connectivity index (χ2n) is 5.83. The van der Waals surface area contributed by atoms with Crippen LogP contribution in [-0.4, -0.2) is 37.3 Å². The molecule has 0 saturated carbocycles. The Labute approximate surface area is 139 Å². The number of hydrogen-bond donors (Lipinski definition) is 1. The highest BCUT2D eigenvalue weighted by Gasteiger charge is 2.48. The number of carboxylic acid groups (broad SMARTS) is 1. The van der Waals surface area contributed by atoms with Gasteiger partial charge < -0.3 is 5.11 Å². The van der Waals surface area contributed by atoms with E-state index in [0.717, 1.165) is 20.7 Å². The first-order valence-electron chi connectivity index (χ1n) is 7.48. The van der Waals surface area contributed by atoms with Crippen LogP contribution in [0.15, 0.2) is 47.9 Å². The number of carbonyl (C=O) groups excluding carboxylic acids is 1. The highest BCUT2D eigenvalue weighted by Crippen LogP contribution is 2.39. The van der Waals surface area contributed by atoms with Gasteiger partial charge in [0.1, 0.15) is 5.70 Å². The van der Waals surface area contributed by atoms with E-state index in [1.165, 1.54) is 4.90 Å². The van der Waals surface area contributed by atoms with Crippen LogP contribution in [0.4, 0.5) is 0 Å². The minimum atomic E-state index is -1.05. The van der Waals surface area contributed by atoms with E-state index in [0.29, 0.717) is 12.0 Å². The van der Waals surface area contributed by atoms with Crippen molar-refractivity contribution in [3.8, 4) is 0 Å². The summed E-state index contributed by atoms with van der Waals surface area (Å²) in [6.07, 6.45) is 7.74. The zero-order valence-corrected chi connectivity index (χ0v) is 13.2. The van der Waals surface area contributed by atoms with Gasteiger partial charge in [-0.1, -0.05) is 23.5 Å². The zero-order chi connectivity index (χ0) is 16.4. The van der Waals surface area contributed by atoms with Crippen LogP contribution >= 0.6 is 11.3 Å². The number of benzene rings is 1. The Morgan fingerprint density at radius 1 is 1.42 bits per heavy atom. The fraction of sp³-hybridized carbons (Fsp3) is 0.118. The van der Waals surface area contributed by atoms with Gasteiger partial charge in [-0.25, -0.2) is 9.78 Å². The van der Waals surface area contributed by atoms with Gasteiger partial charge in [0.15, 0.2) is 4.96 Å². The number of amides is 1. The highest BCUT2D eigenvalue weighted by atomic mass is 32.1. The maximum Gasteiger partial charge on any atom is 0.352 e. The normalized spacial score (nSPS) is 21.4. The number of imidazole rings is 1. The lowest BCUT2D eigenvalue weighted by Crippen LogP contribution is -2.52. The molecule has 3 aromatic rings. The predicted octanol–water partition coefficient (Wildman–Crippen LogP) is 2.52. The van der Waals surface area contributed by atoms with Crippen LogP contribution in [0.5, 0.6) is 0 Å². The predicted molar refractivity (Wildman–Crippen MR) is 89.5 cm³/mol. The van der Waals surface area contributed by atoms with E-state index in [4.69, 9.17) is 5.11 Å². The molecule has 24 heavy (non-hydrogen) atoms. The standard InChI is InChI=1S/C17H11N3O3S/c21-15-10(11-3-4-13(16(22)23)20(11)15)7-9-1-2-12-14(8-9)24-17-18-5-6-19(12)17/h1-2,4-8,11H,3H2,(H,22,23)/b10-7+. The van der Waals surface area contributed by atoms with E-state index in [-0.39, 0.29) is 17.6 Å².